The van der Waals surface area contributed by atoms with Gasteiger partial charge in [0.1, 0.15) is 0 Å². The second-order valence-electron chi connectivity index (χ2n) is 8.45. The molecular weight excluding hydrogens is 366 g/mol. The second kappa shape index (κ2) is 7.52. The van der Waals surface area contributed by atoms with Gasteiger partial charge in [0.25, 0.3) is 0 Å². The molecule has 3 aromatic rings. The Bertz CT molecular complexity index is 1070. The number of fused-ring (bicyclic) bond motifs is 1. The minimum absolute atomic E-state index is 0.0261. The summed E-state index contributed by atoms with van der Waals surface area (Å²) in [4.78, 5) is 28.9. The molecular formula is C23H27N3O3. The zero-order valence-corrected chi connectivity index (χ0v) is 17.1. The number of hydrogen-bond donors (Lipinski definition) is 2. The molecule has 0 unspecified atom stereocenters. The maximum atomic E-state index is 12.8. The SMILES string of the molecule is CN(C)[C@H](CNC(=O)[C@@H]1C[C@]1(C)c1ccccc1)Cc1ccc2[nH]c(=O)oc2c1. The van der Waals surface area contributed by atoms with E-state index < -0.39 is 5.76 Å². The minimum Gasteiger partial charge on any atom is -0.408 e. The Morgan fingerprint density at radius 3 is 2.76 bits per heavy atom. The van der Waals surface area contributed by atoms with E-state index in [9.17, 15) is 9.59 Å². The fourth-order valence-electron chi connectivity index (χ4n) is 4.05. The van der Waals surface area contributed by atoms with Gasteiger partial charge in [-0.1, -0.05) is 43.3 Å². The van der Waals surface area contributed by atoms with Gasteiger partial charge in [0, 0.05) is 23.9 Å². The van der Waals surface area contributed by atoms with Gasteiger partial charge in [0.2, 0.25) is 5.91 Å². The van der Waals surface area contributed by atoms with E-state index >= 15 is 0 Å². The number of aromatic amines is 1. The van der Waals surface area contributed by atoms with Gasteiger partial charge in [-0.2, -0.15) is 0 Å². The summed E-state index contributed by atoms with van der Waals surface area (Å²) >= 11 is 0. The third-order valence-corrected chi connectivity index (χ3v) is 6.19. The molecule has 3 atom stereocenters. The number of carbonyl (C=O) groups is 1. The first kappa shape index (κ1) is 19.5. The molecule has 6 nitrogen and oxygen atoms in total. The second-order valence-corrected chi connectivity index (χ2v) is 8.45. The zero-order valence-electron chi connectivity index (χ0n) is 17.1. The number of H-pyrrole nitrogens is 1. The molecule has 1 aromatic heterocycles. The molecule has 0 aliphatic heterocycles. The van der Waals surface area contributed by atoms with E-state index in [-0.39, 0.29) is 23.3 Å². The molecule has 0 saturated heterocycles. The molecule has 2 N–H and O–H groups in total. The molecule has 2 aromatic carbocycles. The highest BCUT2D eigenvalue weighted by Gasteiger charge is 2.55. The zero-order chi connectivity index (χ0) is 20.6. The summed E-state index contributed by atoms with van der Waals surface area (Å²) in [5, 5.41) is 3.15. The molecule has 0 spiro atoms. The fraction of sp³-hybridized carbons (Fsp3) is 0.391. The monoisotopic (exact) mass is 393 g/mol. The fourth-order valence-corrected chi connectivity index (χ4v) is 4.05. The number of oxazole rings is 1. The van der Waals surface area contributed by atoms with Crippen LogP contribution in [0.2, 0.25) is 0 Å². The summed E-state index contributed by atoms with van der Waals surface area (Å²) in [6, 6.07) is 16.1. The first-order valence-corrected chi connectivity index (χ1v) is 9.98. The van der Waals surface area contributed by atoms with Crippen LogP contribution in [0.4, 0.5) is 0 Å². The van der Waals surface area contributed by atoms with Gasteiger partial charge in [0.15, 0.2) is 5.58 Å². The number of likely N-dealkylation sites (N-methyl/N-ethyl adjacent to an activating group) is 1. The molecule has 6 heteroatoms. The lowest BCUT2D eigenvalue weighted by Gasteiger charge is -2.25. The van der Waals surface area contributed by atoms with Crippen molar-refractivity contribution in [3.8, 4) is 0 Å². The third-order valence-electron chi connectivity index (χ3n) is 6.19. The molecule has 1 aliphatic carbocycles. The largest absolute Gasteiger partial charge is 0.417 e. The van der Waals surface area contributed by atoms with Crippen molar-refractivity contribution in [3.05, 3.63) is 70.2 Å². The van der Waals surface area contributed by atoms with Crippen molar-refractivity contribution in [2.75, 3.05) is 20.6 Å². The Hall–Kier alpha value is -2.86. The van der Waals surface area contributed by atoms with E-state index in [0.29, 0.717) is 17.6 Å². The minimum atomic E-state index is -0.445. The Labute approximate surface area is 169 Å². The number of nitrogens with zero attached hydrogens (tertiary/aromatic N) is 1. The number of benzene rings is 2. The maximum absolute atomic E-state index is 12.8. The van der Waals surface area contributed by atoms with Crippen molar-refractivity contribution in [1.29, 1.82) is 0 Å². The topological polar surface area (TPSA) is 78.3 Å². The standard InChI is InChI=1S/C23H27N3O3/c1-23(16-7-5-4-6-8-16)13-18(23)21(27)24-14-17(26(2)3)11-15-9-10-19-20(12-15)29-22(28)25-19/h4-10,12,17-18H,11,13-14H2,1-3H3,(H,24,27)(H,25,28)/t17-,18-,23+/m0/s1. The van der Waals surface area contributed by atoms with Gasteiger partial charge in [-0.25, -0.2) is 4.79 Å². The highest BCUT2D eigenvalue weighted by molar-refractivity contribution is 5.84. The number of carbonyl (C=O) groups excluding carboxylic acids is 1. The average Bonchev–Trinajstić information content (AvgIpc) is 3.26. The Balaban J connectivity index is 1.38. The van der Waals surface area contributed by atoms with Crippen molar-refractivity contribution >= 4 is 17.0 Å². The highest BCUT2D eigenvalue weighted by Crippen LogP contribution is 2.53. The van der Waals surface area contributed by atoms with E-state index in [0.717, 1.165) is 18.4 Å². The lowest BCUT2D eigenvalue weighted by atomic mass is 9.95. The molecule has 1 heterocycles. The van der Waals surface area contributed by atoms with Crippen LogP contribution in [0.3, 0.4) is 0 Å². The number of hydrogen-bond acceptors (Lipinski definition) is 4. The smallest absolute Gasteiger partial charge is 0.408 e. The van der Waals surface area contributed by atoms with Gasteiger partial charge in [-0.3, -0.25) is 9.78 Å². The lowest BCUT2D eigenvalue weighted by molar-refractivity contribution is -0.122. The van der Waals surface area contributed by atoms with E-state index in [4.69, 9.17) is 4.42 Å². The summed E-state index contributed by atoms with van der Waals surface area (Å²) in [7, 11) is 4.02. The Morgan fingerprint density at radius 2 is 2.03 bits per heavy atom. The third kappa shape index (κ3) is 3.98. The first-order valence-electron chi connectivity index (χ1n) is 9.98. The van der Waals surface area contributed by atoms with Gasteiger partial charge < -0.3 is 14.6 Å². The van der Waals surface area contributed by atoms with E-state index in [2.05, 4.69) is 34.3 Å². The average molecular weight is 393 g/mol. The summed E-state index contributed by atoms with van der Waals surface area (Å²) < 4.78 is 5.16. The van der Waals surface area contributed by atoms with Gasteiger partial charge in [-0.05, 0) is 50.2 Å². The summed E-state index contributed by atoms with van der Waals surface area (Å²) in [5.41, 5.74) is 3.49. The Kier molecular flexibility index (Phi) is 5.04. The predicted molar refractivity (Wildman–Crippen MR) is 113 cm³/mol. The maximum Gasteiger partial charge on any atom is 0.417 e. The van der Waals surface area contributed by atoms with Crippen LogP contribution in [-0.2, 0) is 16.6 Å². The first-order chi connectivity index (χ1) is 13.9. The van der Waals surface area contributed by atoms with Gasteiger partial charge in [-0.15, -0.1) is 0 Å². The van der Waals surface area contributed by atoms with Crippen LogP contribution in [0.5, 0.6) is 0 Å². The van der Waals surface area contributed by atoms with Crippen LogP contribution >= 0.6 is 0 Å². The summed E-state index contributed by atoms with van der Waals surface area (Å²) in [6.07, 6.45) is 1.64. The van der Waals surface area contributed by atoms with E-state index in [1.807, 2.05) is 50.5 Å². The predicted octanol–water partition coefficient (Wildman–Crippen LogP) is 2.69. The summed E-state index contributed by atoms with van der Waals surface area (Å²) in [5.74, 6) is -0.298. The van der Waals surface area contributed by atoms with Crippen molar-refractivity contribution in [2.24, 2.45) is 5.92 Å². The normalized spacial score (nSPS) is 22.0. The number of amides is 1. The highest BCUT2D eigenvalue weighted by atomic mass is 16.4. The van der Waals surface area contributed by atoms with Crippen LogP contribution in [0.25, 0.3) is 11.1 Å². The van der Waals surface area contributed by atoms with Crippen LogP contribution < -0.4 is 11.1 Å². The molecule has 1 amide bonds. The van der Waals surface area contributed by atoms with Crippen molar-refractivity contribution in [1.82, 2.24) is 15.2 Å². The molecule has 1 aliphatic rings. The van der Waals surface area contributed by atoms with Crippen LogP contribution in [0, 0.1) is 5.92 Å². The molecule has 1 fully saturated rings. The van der Waals surface area contributed by atoms with Crippen molar-refractivity contribution < 1.29 is 9.21 Å². The molecule has 0 bridgehead atoms. The van der Waals surface area contributed by atoms with Gasteiger partial charge >= 0.3 is 5.76 Å². The van der Waals surface area contributed by atoms with Crippen LogP contribution in [-0.4, -0.2) is 42.5 Å². The van der Waals surface area contributed by atoms with E-state index in [1.165, 1.54) is 5.56 Å². The molecule has 152 valence electrons. The van der Waals surface area contributed by atoms with Gasteiger partial charge in [0.05, 0.1) is 5.52 Å². The van der Waals surface area contributed by atoms with Crippen LogP contribution in [0.1, 0.15) is 24.5 Å². The quantitative estimate of drug-likeness (QED) is 0.647. The number of nitrogens with one attached hydrogen (secondary N) is 2. The Morgan fingerprint density at radius 1 is 1.28 bits per heavy atom. The molecule has 29 heavy (non-hydrogen) atoms. The number of rotatable bonds is 7. The lowest BCUT2D eigenvalue weighted by Crippen LogP contribution is -2.42. The number of aromatic nitrogens is 1. The molecule has 4 rings (SSSR count). The van der Waals surface area contributed by atoms with Crippen LogP contribution in [0.15, 0.2) is 57.7 Å². The van der Waals surface area contributed by atoms with Crippen molar-refractivity contribution in [3.63, 3.8) is 0 Å². The molecule has 1 saturated carbocycles. The summed E-state index contributed by atoms with van der Waals surface area (Å²) in [6.45, 7) is 2.73. The molecule has 0 radical (unpaired) electrons. The van der Waals surface area contributed by atoms with Crippen molar-refractivity contribution in [2.45, 2.75) is 31.2 Å². The van der Waals surface area contributed by atoms with E-state index in [1.54, 1.807) is 0 Å².